The molecule has 3 aromatic rings. The largest absolute Gasteiger partial charge is 0.452 e. The van der Waals surface area contributed by atoms with Crippen LogP contribution in [0.15, 0.2) is 48.8 Å². The van der Waals surface area contributed by atoms with Gasteiger partial charge in [-0.1, -0.05) is 18.2 Å². The highest BCUT2D eigenvalue weighted by atomic mass is 16.5. The third-order valence-electron chi connectivity index (χ3n) is 4.47. The molecule has 3 N–H and O–H groups in total. The van der Waals surface area contributed by atoms with Crippen molar-refractivity contribution in [1.82, 2.24) is 25.5 Å². The van der Waals surface area contributed by atoms with E-state index in [1.54, 1.807) is 24.3 Å². The molecular weight excluding hydrogens is 430 g/mol. The molecule has 0 saturated carbocycles. The Labute approximate surface area is 188 Å². The molecule has 12 heteroatoms. The van der Waals surface area contributed by atoms with Crippen LogP contribution in [0.25, 0.3) is 0 Å². The van der Waals surface area contributed by atoms with Gasteiger partial charge in [0.1, 0.15) is 12.9 Å². The predicted molar refractivity (Wildman–Crippen MR) is 116 cm³/mol. The first-order valence-corrected chi connectivity index (χ1v) is 9.76. The summed E-state index contributed by atoms with van der Waals surface area (Å²) in [6.07, 6.45) is 1.27. The number of hydrogen-bond acceptors (Lipinski definition) is 8. The Kier molecular flexibility index (Phi) is 7.42. The topological polar surface area (TPSA) is 157 Å². The summed E-state index contributed by atoms with van der Waals surface area (Å²) in [6, 6.07) is 10.7. The van der Waals surface area contributed by atoms with Crippen molar-refractivity contribution in [2.75, 3.05) is 17.2 Å². The Morgan fingerprint density at radius 2 is 1.76 bits per heavy atom. The van der Waals surface area contributed by atoms with Gasteiger partial charge in [-0.15, -0.1) is 5.10 Å². The highest BCUT2D eigenvalue weighted by Crippen LogP contribution is 2.16. The van der Waals surface area contributed by atoms with Gasteiger partial charge < -0.3 is 15.4 Å². The fraction of sp³-hybridized carbons (Fsp3) is 0.190. The summed E-state index contributed by atoms with van der Waals surface area (Å²) in [7, 11) is 0. The van der Waals surface area contributed by atoms with Gasteiger partial charge in [0.2, 0.25) is 5.91 Å². The van der Waals surface area contributed by atoms with Crippen molar-refractivity contribution in [2.45, 2.75) is 20.4 Å². The van der Waals surface area contributed by atoms with E-state index in [0.717, 1.165) is 11.1 Å². The molecule has 0 unspecified atom stereocenters. The third-order valence-corrected chi connectivity index (χ3v) is 4.47. The van der Waals surface area contributed by atoms with Crippen molar-refractivity contribution in [1.29, 1.82) is 0 Å². The van der Waals surface area contributed by atoms with Crippen molar-refractivity contribution < 1.29 is 23.9 Å². The summed E-state index contributed by atoms with van der Waals surface area (Å²) in [5.74, 6) is -2.13. The molecule has 1 heterocycles. The Morgan fingerprint density at radius 3 is 2.48 bits per heavy atom. The molecule has 0 saturated heterocycles. The standard InChI is InChI=1S/C21H21N7O5/c1-13-7-8-15(9-14(13)2)23-21(32)25-19(30)11-33-20(31)16-5-3-4-6-17(16)24-18(29)10-28-12-22-26-27-28/h3-9,12H,10-11H2,1-2H3,(H,24,29)(H2,23,25,30,32). The number of aromatic nitrogens is 4. The summed E-state index contributed by atoms with van der Waals surface area (Å²) in [5.41, 5.74) is 2.79. The minimum Gasteiger partial charge on any atom is -0.452 e. The molecule has 1 aromatic heterocycles. The number of nitrogens with one attached hydrogen (secondary N) is 3. The summed E-state index contributed by atoms with van der Waals surface area (Å²) >= 11 is 0. The number of rotatable bonds is 7. The van der Waals surface area contributed by atoms with Crippen LogP contribution in [0, 0.1) is 13.8 Å². The smallest absolute Gasteiger partial charge is 0.340 e. The lowest BCUT2D eigenvalue weighted by molar-refractivity contribution is -0.123. The summed E-state index contributed by atoms with van der Waals surface area (Å²) in [4.78, 5) is 48.6. The first kappa shape index (κ1) is 23.1. The molecule has 2 aromatic carbocycles. The molecule has 0 aliphatic rings. The lowest BCUT2D eigenvalue weighted by atomic mass is 10.1. The van der Waals surface area contributed by atoms with E-state index in [0.29, 0.717) is 5.69 Å². The van der Waals surface area contributed by atoms with E-state index in [9.17, 15) is 19.2 Å². The molecule has 0 aliphatic carbocycles. The maximum Gasteiger partial charge on any atom is 0.340 e. The molecule has 4 amide bonds. The second kappa shape index (κ2) is 10.6. The van der Waals surface area contributed by atoms with Crippen LogP contribution >= 0.6 is 0 Å². The molecule has 33 heavy (non-hydrogen) atoms. The van der Waals surface area contributed by atoms with E-state index in [2.05, 4.69) is 31.5 Å². The molecule has 0 radical (unpaired) electrons. The van der Waals surface area contributed by atoms with Crippen molar-refractivity contribution in [3.63, 3.8) is 0 Å². The van der Waals surface area contributed by atoms with E-state index >= 15 is 0 Å². The number of hydrogen-bond donors (Lipinski definition) is 3. The van der Waals surface area contributed by atoms with Gasteiger partial charge in [0.25, 0.3) is 5.91 Å². The highest BCUT2D eigenvalue weighted by Gasteiger charge is 2.17. The number of para-hydroxylation sites is 1. The van der Waals surface area contributed by atoms with Crippen LogP contribution in [0.4, 0.5) is 16.2 Å². The van der Waals surface area contributed by atoms with Crippen molar-refractivity contribution in [3.8, 4) is 0 Å². The molecule has 0 bridgehead atoms. The van der Waals surface area contributed by atoms with Gasteiger partial charge in [-0.25, -0.2) is 14.3 Å². The Morgan fingerprint density at radius 1 is 0.970 bits per heavy atom. The molecule has 0 spiro atoms. The quantitative estimate of drug-likeness (QED) is 0.455. The second-order valence-corrected chi connectivity index (χ2v) is 6.98. The van der Waals surface area contributed by atoms with E-state index in [1.807, 2.05) is 19.9 Å². The number of carbonyl (C=O) groups is 4. The van der Waals surface area contributed by atoms with Gasteiger partial charge in [0, 0.05) is 5.69 Å². The number of ether oxygens (including phenoxy) is 1. The Bertz CT molecular complexity index is 1180. The van der Waals surface area contributed by atoms with Crippen molar-refractivity contribution in [2.24, 2.45) is 0 Å². The third kappa shape index (κ3) is 6.69. The maximum atomic E-state index is 12.4. The summed E-state index contributed by atoms with van der Waals surface area (Å²) < 4.78 is 6.20. The summed E-state index contributed by atoms with van der Waals surface area (Å²) in [5, 5.41) is 17.6. The van der Waals surface area contributed by atoms with Gasteiger partial charge >= 0.3 is 12.0 Å². The van der Waals surface area contributed by atoms with Crippen LogP contribution in [0.1, 0.15) is 21.5 Å². The number of aryl methyl sites for hydroxylation is 2. The first-order chi connectivity index (χ1) is 15.8. The van der Waals surface area contributed by atoms with E-state index in [1.165, 1.54) is 23.1 Å². The number of esters is 1. The first-order valence-electron chi connectivity index (χ1n) is 9.76. The number of imide groups is 1. The number of anilines is 2. The van der Waals surface area contributed by atoms with Crippen LogP contribution in [0.2, 0.25) is 0 Å². The number of nitrogens with zero attached hydrogens (tertiary/aromatic N) is 4. The average Bonchev–Trinajstić information content (AvgIpc) is 3.28. The molecule has 0 aliphatic heterocycles. The number of benzene rings is 2. The van der Waals surface area contributed by atoms with E-state index < -0.39 is 30.4 Å². The molecule has 12 nitrogen and oxygen atoms in total. The lowest BCUT2D eigenvalue weighted by Crippen LogP contribution is -2.37. The van der Waals surface area contributed by atoms with Gasteiger partial charge in [-0.3, -0.25) is 14.9 Å². The molecule has 0 fully saturated rings. The van der Waals surface area contributed by atoms with Gasteiger partial charge in [0.05, 0.1) is 11.3 Å². The second-order valence-electron chi connectivity index (χ2n) is 6.98. The fourth-order valence-corrected chi connectivity index (χ4v) is 2.71. The minimum atomic E-state index is -0.849. The zero-order valence-corrected chi connectivity index (χ0v) is 17.9. The van der Waals surface area contributed by atoms with Crippen molar-refractivity contribution in [3.05, 3.63) is 65.5 Å². The van der Waals surface area contributed by atoms with Gasteiger partial charge in [0.15, 0.2) is 6.61 Å². The monoisotopic (exact) mass is 451 g/mol. The molecular formula is C21H21N7O5. The van der Waals surface area contributed by atoms with E-state index in [4.69, 9.17) is 4.74 Å². The predicted octanol–water partition coefficient (Wildman–Crippen LogP) is 1.43. The number of amides is 4. The molecule has 0 atom stereocenters. The zero-order valence-electron chi connectivity index (χ0n) is 17.9. The van der Waals surface area contributed by atoms with Gasteiger partial charge in [-0.2, -0.15) is 0 Å². The Hall–Kier alpha value is -4.61. The van der Waals surface area contributed by atoms with Crippen LogP contribution in [-0.2, 0) is 20.9 Å². The number of urea groups is 1. The van der Waals surface area contributed by atoms with E-state index in [-0.39, 0.29) is 17.8 Å². The number of tetrazole rings is 1. The summed E-state index contributed by atoms with van der Waals surface area (Å²) in [6.45, 7) is 2.99. The molecule has 3 rings (SSSR count). The molecule has 170 valence electrons. The SMILES string of the molecule is Cc1ccc(NC(=O)NC(=O)COC(=O)c2ccccc2NC(=O)Cn2cnnn2)cc1C. The minimum absolute atomic E-state index is 0.0370. The van der Waals surface area contributed by atoms with Crippen molar-refractivity contribution >= 4 is 35.2 Å². The number of carbonyl (C=O) groups excluding carboxylic acids is 4. The maximum absolute atomic E-state index is 12.4. The van der Waals surface area contributed by atoms with Crippen LogP contribution in [0.5, 0.6) is 0 Å². The lowest BCUT2D eigenvalue weighted by Gasteiger charge is -2.11. The Balaban J connectivity index is 1.51. The van der Waals surface area contributed by atoms with Crippen LogP contribution in [0.3, 0.4) is 0 Å². The van der Waals surface area contributed by atoms with Crippen LogP contribution < -0.4 is 16.0 Å². The highest BCUT2D eigenvalue weighted by molar-refractivity contribution is 6.04. The zero-order chi connectivity index (χ0) is 23.8. The van der Waals surface area contributed by atoms with Crippen LogP contribution in [-0.4, -0.2) is 50.6 Å². The van der Waals surface area contributed by atoms with Gasteiger partial charge in [-0.05, 0) is 59.7 Å². The fourth-order valence-electron chi connectivity index (χ4n) is 2.71. The average molecular weight is 451 g/mol. The normalized spacial score (nSPS) is 10.2.